The molecule has 0 saturated carbocycles. The first kappa shape index (κ1) is 31.1. The molecule has 1 aromatic rings. The van der Waals surface area contributed by atoms with Crippen molar-refractivity contribution < 1.29 is 14.2 Å². The number of methoxy groups -OCH3 is 3. The van der Waals surface area contributed by atoms with Gasteiger partial charge in [-0.15, -0.1) is 0 Å². The van der Waals surface area contributed by atoms with Gasteiger partial charge in [-0.2, -0.15) is 5.26 Å². The summed E-state index contributed by atoms with van der Waals surface area (Å²) in [6, 6.07) is 6.81. The predicted molar refractivity (Wildman–Crippen MR) is 147 cm³/mol. The summed E-state index contributed by atoms with van der Waals surface area (Å²) in [6.07, 6.45) is 12.8. The quantitative estimate of drug-likeness (QED) is 0.186. The van der Waals surface area contributed by atoms with Crippen LogP contribution >= 0.6 is 0 Å². The Labute approximate surface area is 216 Å². The number of rotatable bonds is 19. The average molecular weight is 489 g/mol. The highest BCUT2D eigenvalue weighted by Crippen LogP contribution is 2.46. The summed E-state index contributed by atoms with van der Waals surface area (Å²) in [5.74, 6) is 1.86. The van der Waals surface area contributed by atoms with Crippen molar-refractivity contribution in [2.24, 2.45) is 5.92 Å². The third-order valence-corrected chi connectivity index (χ3v) is 7.55. The van der Waals surface area contributed by atoms with E-state index in [1.165, 1.54) is 57.8 Å². The van der Waals surface area contributed by atoms with E-state index < -0.39 is 5.41 Å². The lowest BCUT2D eigenvalue weighted by Gasteiger charge is -2.44. The molecule has 0 aliphatic rings. The lowest BCUT2D eigenvalue weighted by molar-refractivity contribution is 0.115. The number of benzene rings is 1. The van der Waals surface area contributed by atoms with E-state index in [1.807, 2.05) is 12.1 Å². The third kappa shape index (κ3) is 8.04. The molecular formula is C30H52N2O3. The Morgan fingerprint density at radius 1 is 0.829 bits per heavy atom. The Bertz CT molecular complexity index is 733. The highest BCUT2D eigenvalue weighted by atomic mass is 16.5. The second kappa shape index (κ2) is 16.7. The Balaban J connectivity index is 3.11. The van der Waals surface area contributed by atoms with Crippen LogP contribution in [0.2, 0.25) is 0 Å². The van der Waals surface area contributed by atoms with Crippen LogP contribution in [-0.2, 0) is 5.41 Å². The number of nitriles is 1. The van der Waals surface area contributed by atoms with Crippen molar-refractivity contribution >= 4 is 0 Å². The number of likely N-dealkylation sites (N-methyl/N-ethyl adjacent to an activating group) is 1. The first-order chi connectivity index (χ1) is 16.9. The fourth-order valence-corrected chi connectivity index (χ4v) is 5.53. The molecule has 5 heteroatoms. The fourth-order valence-electron chi connectivity index (χ4n) is 5.53. The highest BCUT2D eigenvalue weighted by molar-refractivity contribution is 5.57. The zero-order valence-electron chi connectivity index (χ0n) is 23.9. The van der Waals surface area contributed by atoms with Crippen molar-refractivity contribution in [3.63, 3.8) is 0 Å². The maximum absolute atomic E-state index is 10.7. The zero-order chi connectivity index (χ0) is 26.3. The molecule has 0 bridgehead atoms. The molecule has 35 heavy (non-hydrogen) atoms. The van der Waals surface area contributed by atoms with Crippen molar-refractivity contribution in [2.75, 3.05) is 34.4 Å². The summed E-state index contributed by atoms with van der Waals surface area (Å²) in [5, 5.41) is 10.7. The molecule has 0 amide bonds. The molecule has 2 unspecified atom stereocenters. The molecule has 0 heterocycles. The second-order valence-corrected chi connectivity index (χ2v) is 9.93. The predicted octanol–water partition coefficient (Wildman–Crippen LogP) is 7.76. The van der Waals surface area contributed by atoms with E-state index in [2.05, 4.69) is 45.6 Å². The third-order valence-electron chi connectivity index (χ3n) is 7.55. The largest absolute Gasteiger partial charge is 0.493 e. The molecule has 0 saturated heterocycles. The van der Waals surface area contributed by atoms with Crippen molar-refractivity contribution in [1.29, 1.82) is 5.26 Å². The molecule has 2 atom stereocenters. The normalized spacial score (nSPS) is 14.0. The van der Waals surface area contributed by atoms with E-state index in [9.17, 15) is 5.26 Å². The summed E-state index contributed by atoms with van der Waals surface area (Å²) in [4.78, 5) is 2.52. The molecule has 5 nitrogen and oxygen atoms in total. The minimum Gasteiger partial charge on any atom is -0.493 e. The Kier molecular flexibility index (Phi) is 14.8. The van der Waals surface area contributed by atoms with Gasteiger partial charge in [0.25, 0.3) is 0 Å². The van der Waals surface area contributed by atoms with Gasteiger partial charge in [-0.3, -0.25) is 4.90 Å². The molecule has 0 N–H and O–H groups in total. The molecule has 0 spiro atoms. The van der Waals surface area contributed by atoms with E-state index in [1.54, 1.807) is 21.3 Å². The number of nitrogens with zero attached hydrogens (tertiary/aromatic N) is 2. The van der Waals surface area contributed by atoms with E-state index in [-0.39, 0.29) is 12.0 Å². The summed E-state index contributed by atoms with van der Waals surface area (Å²) in [5.41, 5.74) is 0.235. The van der Waals surface area contributed by atoms with E-state index in [0.717, 1.165) is 25.1 Å². The van der Waals surface area contributed by atoms with Gasteiger partial charge in [-0.1, -0.05) is 86.0 Å². The summed E-state index contributed by atoms with van der Waals surface area (Å²) in [7, 11) is 4.87. The first-order valence-corrected chi connectivity index (χ1v) is 13.9. The van der Waals surface area contributed by atoms with Gasteiger partial charge in [-0.05, 0) is 49.5 Å². The maximum atomic E-state index is 10.7. The van der Waals surface area contributed by atoms with Gasteiger partial charge < -0.3 is 14.2 Å². The van der Waals surface area contributed by atoms with Crippen molar-refractivity contribution in [3.8, 4) is 23.3 Å². The van der Waals surface area contributed by atoms with Crippen LogP contribution in [-0.4, -0.2) is 45.4 Å². The summed E-state index contributed by atoms with van der Waals surface area (Å²) >= 11 is 0. The second-order valence-electron chi connectivity index (χ2n) is 9.93. The topological polar surface area (TPSA) is 54.7 Å². The van der Waals surface area contributed by atoms with Crippen LogP contribution < -0.4 is 14.2 Å². The fraction of sp³-hybridized carbons (Fsp3) is 0.767. The summed E-state index contributed by atoms with van der Waals surface area (Å²) < 4.78 is 16.8. The van der Waals surface area contributed by atoms with Crippen LogP contribution in [0, 0.1) is 17.2 Å². The molecule has 0 aliphatic carbocycles. The van der Waals surface area contributed by atoms with Gasteiger partial charge >= 0.3 is 0 Å². The standard InChI is InChI=1S/C30H52N2O3/c1-9-12-13-14-15-16-17-18-19-20-32(11-3)28(10-2)30(23-31,24(4)5)25-21-26(33-6)29(35-8)27(22-25)34-7/h21-22,24,28H,9-20H2,1-8H3. The SMILES string of the molecule is CCCCCCCCCCCN(CC)C(CC)C(C#N)(c1cc(OC)c(OC)c(OC)c1)C(C)C. The Morgan fingerprint density at radius 2 is 1.34 bits per heavy atom. The van der Waals surface area contributed by atoms with Crippen LogP contribution in [0.5, 0.6) is 17.2 Å². The molecular weight excluding hydrogens is 436 g/mol. The van der Waals surface area contributed by atoms with Crippen molar-refractivity contribution in [3.05, 3.63) is 17.7 Å². The molecule has 0 radical (unpaired) electrons. The molecule has 0 aliphatic heterocycles. The highest BCUT2D eigenvalue weighted by Gasteiger charge is 2.46. The molecule has 0 aromatic heterocycles. The van der Waals surface area contributed by atoms with Crippen LogP contribution in [0.3, 0.4) is 0 Å². The van der Waals surface area contributed by atoms with E-state index in [0.29, 0.717) is 17.2 Å². The lowest BCUT2D eigenvalue weighted by atomic mass is 9.66. The monoisotopic (exact) mass is 488 g/mol. The minimum absolute atomic E-state index is 0.0920. The van der Waals surface area contributed by atoms with Gasteiger partial charge in [0, 0.05) is 6.04 Å². The zero-order valence-corrected chi connectivity index (χ0v) is 23.9. The number of ether oxygens (including phenoxy) is 3. The van der Waals surface area contributed by atoms with Crippen molar-refractivity contribution in [2.45, 2.75) is 110 Å². The maximum Gasteiger partial charge on any atom is 0.203 e. The summed E-state index contributed by atoms with van der Waals surface area (Å²) in [6.45, 7) is 12.9. The Morgan fingerprint density at radius 3 is 1.71 bits per heavy atom. The van der Waals surface area contributed by atoms with Crippen LogP contribution in [0.25, 0.3) is 0 Å². The molecule has 1 rings (SSSR count). The molecule has 200 valence electrons. The molecule has 0 fully saturated rings. The van der Waals surface area contributed by atoms with Crippen LogP contribution in [0.1, 0.15) is 104 Å². The van der Waals surface area contributed by atoms with Gasteiger partial charge in [0.15, 0.2) is 11.5 Å². The van der Waals surface area contributed by atoms with Crippen molar-refractivity contribution in [1.82, 2.24) is 4.90 Å². The number of hydrogen-bond acceptors (Lipinski definition) is 5. The average Bonchev–Trinajstić information content (AvgIpc) is 2.87. The van der Waals surface area contributed by atoms with Crippen LogP contribution in [0.15, 0.2) is 12.1 Å². The number of unbranched alkanes of at least 4 members (excludes halogenated alkanes) is 8. The van der Waals surface area contributed by atoms with Gasteiger partial charge in [0.05, 0.1) is 27.4 Å². The van der Waals surface area contributed by atoms with E-state index >= 15 is 0 Å². The Hall–Kier alpha value is -1.93. The van der Waals surface area contributed by atoms with Gasteiger partial charge in [-0.25, -0.2) is 0 Å². The first-order valence-electron chi connectivity index (χ1n) is 13.9. The number of hydrogen-bond donors (Lipinski definition) is 0. The minimum atomic E-state index is -0.698. The van der Waals surface area contributed by atoms with Crippen LogP contribution in [0.4, 0.5) is 0 Å². The van der Waals surface area contributed by atoms with Gasteiger partial charge in [0.1, 0.15) is 5.41 Å². The van der Waals surface area contributed by atoms with E-state index in [4.69, 9.17) is 14.2 Å². The lowest BCUT2D eigenvalue weighted by Crippen LogP contribution is -2.53. The molecule has 1 aromatic carbocycles. The smallest absolute Gasteiger partial charge is 0.203 e. The van der Waals surface area contributed by atoms with Gasteiger partial charge in [0.2, 0.25) is 5.75 Å².